The predicted octanol–water partition coefficient (Wildman–Crippen LogP) is 3.02. The SMILES string of the molecule is CN(Cc1cnn(-c2ccccc2)c1)C(=O)NCC1Cc2ccccc2O1. The van der Waals surface area contributed by atoms with Crippen LogP contribution in [0.4, 0.5) is 4.79 Å². The van der Waals surface area contributed by atoms with Gasteiger partial charge < -0.3 is 15.0 Å². The van der Waals surface area contributed by atoms with Crippen molar-refractivity contribution in [1.29, 1.82) is 0 Å². The number of fused-ring (bicyclic) bond motifs is 1. The maximum absolute atomic E-state index is 12.4. The van der Waals surface area contributed by atoms with Gasteiger partial charge in [0.2, 0.25) is 0 Å². The second-order valence-electron chi connectivity index (χ2n) is 6.72. The molecule has 1 aromatic heterocycles. The van der Waals surface area contributed by atoms with Crippen molar-refractivity contribution >= 4 is 6.03 Å². The lowest BCUT2D eigenvalue weighted by atomic mass is 10.1. The molecule has 0 aliphatic carbocycles. The largest absolute Gasteiger partial charge is 0.488 e. The van der Waals surface area contributed by atoms with E-state index in [-0.39, 0.29) is 12.1 Å². The van der Waals surface area contributed by atoms with Gasteiger partial charge in [-0.2, -0.15) is 5.10 Å². The number of hydrogen-bond donors (Lipinski definition) is 1. The highest BCUT2D eigenvalue weighted by Gasteiger charge is 2.23. The second-order valence-corrected chi connectivity index (χ2v) is 6.72. The molecule has 4 rings (SSSR count). The fraction of sp³-hybridized carbons (Fsp3) is 0.238. The van der Waals surface area contributed by atoms with E-state index in [1.165, 1.54) is 5.56 Å². The third-order valence-electron chi connectivity index (χ3n) is 4.62. The number of aromatic nitrogens is 2. The third kappa shape index (κ3) is 3.95. The molecular weight excluding hydrogens is 340 g/mol. The molecule has 1 N–H and O–H groups in total. The van der Waals surface area contributed by atoms with Gasteiger partial charge in [0.25, 0.3) is 0 Å². The van der Waals surface area contributed by atoms with Crippen LogP contribution in [0.15, 0.2) is 67.0 Å². The summed E-state index contributed by atoms with van der Waals surface area (Å²) in [5, 5.41) is 7.32. The van der Waals surface area contributed by atoms with E-state index in [0.717, 1.165) is 23.4 Å². The Kier molecular flexibility index (Phi) is 4.78. The van der Waals surface area contributed by atoms with E-state index < -0.39 is 0 Å². The number of amides is 2. The first-order chi connectivity index (χ1) is 13.2. The van der Waals surface area contributed by atoms with Gasteiger partial charge >= 0.3 is 6.03 Å². The van der Waals surface area contributed by atoms with Gasteiger partial charge in [-0.05, 0) is 23.8 Å². The summed E-state index contributed by atoms with van der Waals surface area (Å²) in [5.41, 5.74) is 3.16. The summed E-state index contributed by atoms with van der Waals surface area (Å²) < 4.78 is 7.67. The van der Waals surface area contributed by atoms with Crippen molar-refractivity contribution < 1.29 is 9.53 Å². The van der Waals surface area contributed by atoms with E-state index in [2.05, 4.69) is 16.5 Å². The van der Waals surface area contributed by atoms with Crippen LogP contribution in [0.2, 0.25) is 0 Å². The maximum Gasteiger partial charge on any atom is 0.317 e. The number of benzene rings is 2. The van der Waals surface area contributed by atoms with E-state index in [4.69, 9.17) is 4.74 Å². The molecule has 138 valence electrons. The molecule has 2 amide bonds. The Morgan fingerprint density at radius 1 is 1.22 bits per heavy atom. The molecule has 27 heavy (non-hydrogen) atoms. The normalized spacial score (nSPS) is 15.1. The number of para-hydroxylation sites is 2. The quantitative estimate of drug-likeness (QED) is 0.759. The molecule has 0 spiro atoms. The van der Waals surface area contributed by atoms with Crippen LogP contribution in [0.1, 0.15) is 11.1 Å². The molecule has 1 unspecified atom stereocenters. The van der Waals surface area contributed by atoms with E-state index in [9.17, 15) is 4.79 Å². The van der Waals surface area contributed by atoms with Crippen molar-refractivity contribution in [2.75, 3.05) is 13.6 Å². The molecule has 2 aromatic carbocycles. The van der Waals surface area contributed by atoms with Crippen LogP contribution in [0, 0.1) is 0 Å². The number of nitrogens with zero attached hydrogens (tertiary/aromatic N) is 3. The molecule has 1 aliphatic rings. The van der Waals surface area contributed by atoms with Gasteiger partial charge in [0.1, 0.15) is 11.9 Å². The van der Waals surface area contributed by atoms with Gasteiger partial charge in [-0.3, -0.25) is 0 Å². The Hall–Kier alpha value is -3.28. The fourth-order valence-electron chi connectivity index (χ4n) is 3.21. The molecule has 6 nitrogen and oxygen atoms in total. The summed E-state index contributed by atoms with van der Waals surface area (Å²) in [7, 11) is 1.78. The molecule has 3 aromatic rings. The third-order valence-corrected chi connectivity index (χ3v) is 4.62. The van der Waals surface area contributed by atoms with E-state index >= 15 is 0 Å². The van der Waals surface area contributed by atoms with Crippen LogP contribution in [-0.2, 0) is 13.0 Å². The predicted molar refractivity (Wildman–Crippen MR) is 103 cm³/mol. The van der Waals surface area contributed by atoms with Gasteiger partial charge in [0, 0.05) is 25.2 Å². The van der Waals surface area contributed by atoms with Gasteiger partial charge in [0.15, 0.2) is 0 Å². The molecule has 1 aliphatic heterocycles. The first-order valence-corrected chi connectivity index (χ1v) is 9.01. The first-order valence-electron chi connectivity index (χ1n) is 9.01. The summed E-state index contributed by atoms with van der Waals surface area (Å²) >= 11 is 0. The number of ether oxygens (including phenoxy) is 1. The number of urea groups is 1. The molecule has 2 heterocycles. The van der Waals surface area contributed by atoms with Crippen LogP contribution in [0.5, 0.6) is 5.75 Å². The minimum Gasteiger partial charge on any atom is -0.488 e. The summed E-state index contributed by atoms with van der Waals surface area (Å²) in [6.07, 6.45) is 4.54. The number of carbonyl (C=O) groups excluding carboxylic acids is 1. The lowest BCUT2D eigenvalue weighted by Gasteiger charge is -2.19. The van der Waals surface area contributed by atoms with E-state index in [1.807, 2.05) is 59.4 Å². The molecule has 1 atom stereocenters. The number of rotatable bonds is 5. The van der Waals surface area contributed by atoms with Crippen molar-refractivity contribution in [3.05, 3.63) is 78.1 Å². The highest BCUT2D eigenvalue weighted by Crippen LogP contribution is 2.27. The summed E-state index contributed by atoms with van der Waals surface area (Å²) in [6, 6.07) is 17.8. The van der Waals surface area contributed by atoms with Crippen LogP contribution >= 0.6 is 0 Å². The highest BCUT2D eigenvalue weighted by molar-refractivity contribution is 5.73. The second kappa shape index (κ2) is 7.53. The first kappa shape index (κ1) is 17.1. The molecule has 0 fully saturated rings. The summed E-state index contributed by atoms with van der Waals surface area (Å²) in [4.78, 5) is 14.0. The molecule has 0 radical (unpaired) electrons. The molecular formula is C21H22N4O2. The molecule has 6 heteroatoms. The topological polar surface area (TPSA) is 59.4 Å². The van der Waals surface area contributed by atoms with Crippen molar-refractivity contribution in [2.45, 2.75) is 19.1 Å². The summed E-state index contributed by atoms with van der Waals surface area (Å²) in [6.45, 7) is 0.978. The number of nitrogens with one attached hydrogen (secondary N) is 1. The number of carbonyl (C=O) groups is 1. The highest BCUT2D eigenvalue weighted by atomic mass is 16.5. The van der Waals surface area contributed by atoms with Gasteiger partial charge in [0.05, 0.1) is 25.0 Å². The van der Waals surface area contributed by atoms with Gasteiger partial charge in [-0.25, -0.2) is 9.48 Å². The van der Waals surface area contributed by atoms with Crippen LogP contribution in [-0.4, -0.2) is 40.4 Å². The van der Waals surface area contributed by atoms with Crippen LogP contribution in [0.3, 0.4) is 0 Å². The standard InChI is InChI=1S/C21H22N4O2/c1-24(14-16-12-23-25(15-16)18-8-3-2-4-9-18)21(26)22-13-19-11-17-7-5-6-10-20(17)27-19/h2-10,12,15,19H,11,13-14H2,1H3,(H,22,26). The lowest BCUT2D eigenvalue weighted by Crippen LogP contribution is -2.41. The van der Waals surface area contributed by atoms with Crippen LogP contribution in [0.25, 0.3) is 5.69 Å². The van der Waals surface area contributed by atoms with Crippen molar-refractivity contribution in [3.8, 4) is 11.4 Å². The Morgan fingerprint density at radius 2 is 2.00 bits per heavy atom. The van der Waals surface area contributed by atoms with Gasteiger partial charge in [-0.15, -0.1) is 0 Å². The van der Waals surface area contributed by atoms with E-state index in [1.54, 1.807) is 18.1 Å². The maximum atomic E-state index is 12.4. The summed E-state index contributed by atoms with van der Waals surface area (Å²) in [5.74, 6) is 0.915. The lowest BCUT2D eigenvalue weighted by molar-refractivity contribution is 0.191. The molecule has 0 saturated heterocycles. The Labute approximate surface area is 158 Å². The molecule has 0 bridgehead atoms. The Morgan fingerprint density at radius 3 is 2.81 bits per heavy atom. The smallest absolute Gasteiger partial charge is 0.317 e. The monoisotopic (exact) mass is 362 g/mol. The van der Waals surface area contributed by atoms with Crippen molar-refractivity contribution in [2.24, 2.45) is 0 Å². The zero-order valence-electron chi connectivity index (χ0n) is 15.2. The minimum atomic E-state index is -0.123. The van der Waals surface area contributed by atoms with Crippen LogP contribution < -0.4 is 10.1 Å². The fourth-order valence-corrected chi connectivity index (χ4v) is 3.21. The minimum absolute atomic E-state index is 0.0134. The van der Waals surface area contributed by atoms with Crippen molar-refractivity contribution in [3.63, 3.8) is 0 Å². The average molecular weight is 362 g/mol. The Bertz CT molecular complexity index is 898. The zero-order chi connectivity index (χ0) is 18.6. The molecule has 0 saturated carbocycles. The number of hydrogen-bond acceptors (Lipinski definition) is 3. The zero-order valence-corrected chi connectivity index (χ0v) is 15.2. The van der Waals surface area contributed by atoms with Crippen molar-refractivity contribution in [1.82, 2.24) is 20.0 Å². The van der Waals surface area contributed by atoms with Gasteiger partial charge in [-0.1, -0.05) is 36.4 Å². The average Bonchev–Trinajstić information content (AvgIpc) is 3.33. The Balaban J connectivity index is 1.28. The van der Waals surface area contributed by atoms with E-state index in [0.29, 0.717) is 13.1 Å².